The zero-order chi connectivity index (χ0) is 21.1. The Morgan fingerprint density at radius 3 is 2.47 bits per heavy atom. The van der Waals surface area contributed by atoms with Crippen molar-refractivity contribution in [3.05, 3.63) is 54.1 Å². The molecule has 2 fully saturated rings. The van der Waals surface area contributed by atoms with Gasteiger partial charge in [-0.15, -0.1) is 0 Å². The molecule has 1 N–H and O–H groups in total. The Bertz CT molecular complexity index is 953. The number of anilines is 1. The lowest BCUT2D eigenvalue weighted by molar-refractivity contribution is -0.121. The number of hydrogen-bond acceptors (Lipinski definition) is 5. The Balaban J connectivity index is 1.48. The predicted octanol–water partition coefficient (Wildman–Crippen LogP) is 3.08. The summed E-state index contributed by atoms with van der Waals surface area (Å²) in [7, 11) is 1.55. The summed E-state index contributed by atoms with van der Waals surface area (Å²) in [5, 5.41) is 2.69. The van der Waals surface area contributed by atoms with E-state index in [4.69, 9.17) is 9.47 Å². The van der Waals surface area contributed by atoms with Crippen LogP contribution in [-0.2, 0) is 9.59 Å². The number of methoxy groups -OCH3 is 1. The third kappa shape index (κ3) is 4.01. The summed E-state index contributed by atoms with van der Waals surface area (Å²) in [5.41, 5.74) is 0.850. The average molecular weight is 408 g/mol. The van der Waals surface area contributed by atoms with Crippen molar-refractivity contribution < 1.29 is 23.9 Å². The third-order valence-corrected chi connectivity index (χ3v) is 5.49. The highest BCUT2D eigenvalue weighted by Crippen LogP contribution is 2.32. The minimum Gasteiger partial charge on any atom is -0.493 e. The first kappa shape index (κ1) is 19.9. The molecule has 1 aliphatic heterocycles. The van der Waals surface area contributed by atoms with Crippen LogP contribution in [0.4, 0.5) is 5.69 Å². The van der Waals surface area contributed by atoms with Gasteiger partial charge in [0.05, 0.1) is 25.3 Å². The van der Waals surface area contributed by atoms with E-state index in [1.54, 1.807) is 49.6 Å². The number of amides is 3. The van der Waals surface area contributed by atoms with Gasteiger partial charge in [0.2, 0.25) is 5.91 Å². The van der Waals surface area contributed by atoms with Gasteiger partial charge in [0.15, 0.2) is 11.5 Å². The van der Waals surface area contributed by atoms with Gasteiger partial charge < -0.3 is 14.8 Å². The van der Waals surface area contributed by atoms with Crippen LogP contribution in [0.15, 0.2) is 48.5 Å². The normalized spacial score (nSPS) is 19.2. The number of benzene rings is 2. The summed E-state index contributed by atoms with van der Waals surface area (Å²) in [5.74, 6) is -0.139. The number of rotatable bonds is 6. The summed E-state index contributed by atoms with van der Waals surface area (Å²) in [6, 6.07) is 12.7. The molecule has 2 aromatic rings. The fourth-order valence-electron chi connectivity index (χ4n) is 3.93. The van der Waals surface area contributed by atoms with Gasteiger partial charge in [-0.25, -0.2) is 4.90 Å². The number of hydrogen-bond donors (Lipinski definition) is 1. The van der Waals surface area contributed by atoms with Crippen molar-refractivity contribution >= 4 is 23.4 Å². The van der Waals surface area contributed by atoms with E-state index in [0.717, 1.165) is 30.6 Å². The van der Waals surface area contributed by atoms with E-state index in [1.165, 1.54) is 0 Å². The minimum absolute atomic E-state index is 0.0684. The Morgan fingerprint density at radius 2 is 1.77 bits per heavy atom. The van der Waals surface area contributed by atoms with Crippen LogP contribution in [0.25, 0.3) is 0 Å². The van der Waals surface area contributed by atoms with Gasteiger partial charge in [-0.2, -0.15) is 0 Å². The van der Waals surface area contributed by atoms with E-state index < -0.39 is 17.9 Å². The lowest BCUT2D eigenvalue weighted by atomic mass is 10.1. The van der Waals surface area contributed by atoms with Crippen LogP contribution in [0.2, 0.25) is 0 Å². The third-order valence-electron chi connectivity index (χ3n) is 5.49. The van der Waals surface area contributed by atoms with Crippen LogP contribution < -0.4 is 19.7 Å². The number of carbonyl (C=O) groups excluding carboxylic acids is 3. The first-order chi connectivity index (χ1) is 14.6. The van der Waals surface area contributed by atoms with Crippen molar-refractivity contribution in [3.63, 3.8) is 0 Å². The number of nitrogens with zero attached hydrogens (tertiary/aromatic N) is 1. The predicted molar refractivity (Wildman–Crippen MR) is 111 cm³/mol. The summed E-state index contributed by atoms with van der Waals surface area (Å²) >= 11 is 0. The van der Waals surface area contributed by atoms with E-state index in [9.17, 15) is 14.4 Å². The standard InChI is InChI=1S/C23H24N2O5/c1-29-19-12-11-15(13-20(19)30-17-9-5-6-10-17)22(27)24-18-14-21(26)25(23(18)28)16-7-3-2-4-8-16/h2-4,7-8,11-13,17-18H,5-6,9-10,14H2,1H3,(H,24,27)/t18-/m0/s1. The number of ether oxygens (including phenoxy) is 2. The van der Waals surface area contributed by atoms with Gasteiger partial charge in [-0.1, -0.05) is 18.2 Å². The molecular formula is C23H24N2O5. The van der Waals surface area contributed by atoms with Crippen molar-refractivity contribution in [2.24, 2.45) is 0 Å². The number of para-hydroxylation sites is 1. The van der Waals surface area contributed by atoms with Gasteiger partial charge in [-0.3, -0.25) is 14.4 Å². The fourth-order valence-corrected chi connectivity index (χ4v) is 3.93. The summed E-state index contributed by atoms with van der Waals surface area (Å²) in [6.45, 7) is 0. The van der Waals surface area contributed by atoms with Gasteiger partial charge in [0.1, 0.15) is 6.04 Å². The molecule has 2 aliphatic rings. The first-order valence-electron chi connectivity index (χ1n) is 10.1. The van der Waals surface area contributed by atoms with E-state index in [2.05, 4.69) is 5.32 Å². The van der Waals surface area contributed by atoms with E-state index >= 15 is 0 Å². The largest absolute Gasteiger partial charge is 0.493 e. The van der Waals surface area contributed by atoms with Crippen LogP contribution in [0, 0.1) is 0 Å². The number of nitrogens with one attached hydrogen (secondary N) is 1. The lowest BCUT2D eigenvalue weighted by Gasteiger charge is -2.18. The maximum atomic E-state index is 12.8. The minimum atomic E-state index is -0.897. The SMILES string of the molecule is COc1ccc(C(=O)N[C@H]2CC(=O)N(c3ccccc3)C2=O)cc1OC1CCCC1. The van der Waals surface area contributed by atoms with Gasteiger partial charge in [0, 0.05) is 5.56 Å². The molecule has 1 heterocycles. The Kier molecular flexibility index (Phi) is 5.70. The summed E-state index contributed by atoms with van der Waals surface area (Å²) in [6.07, 6.45) is 4.26. The maximum Gasteiger partial charge on any atom is 0.256 e. The van der Waals surface area contributed by atoms with Crippen LogP contribution in [-0.4, -0.2) is 37.0 Å². The first-order valence-corrected chi connectivity index (χ1v) is 10.1. The van der Waals surface area contributed by atoms with Crippen molar-refractivity contribution in [2.45, 2.75) is 44.2 Å². The maximum absolute atomic E-state index is 12.8. The van der Waals surface area contributed by atoms with Crippen molar-refractivity contribution in [1.82, 2.24) is 5.32 Å². The molecule has 3 amide bonds. The zero-order valence-electron chi connectivity index (χ0n) is 16.8. The average Bonchev–Trinajstić information content (AvgIpc) is 3.36. The molecular weight excluding hydrogens is 384 g/mol. The van der Waals surface area contributed by atoms with Gasteiger partial charge >= 0.3 is 0 Å². The Morgan fingerprint density at radius 1 is 1.03 bits per heavy atom. The highest BCUT2D eigenvalue weighted by atomic mass is 16.5. The highest BCUT2D eigenvalue weighted by molar-refractivity contribution is 6.23. The lowest BCUT2D eigenvalue weighted by Crippen LogP contribution is -2.41. The number of carbonyl (C=O) groups is 3. The van der Waals surface area contributed by atoms with Gasteiger partial charge in [-0.05, 0) is 56.0 Å². The van der Waals surface area contributed by atoms with E-state index in [0.29, 0.717) is 22.7 Å². The monoisotopic (exact) mass is 408 g/mol. The van der Waals surface area contributed by atoms with Crippen LogP contribution in [0.1, 0.15) is 42.5 Å². The molecule has 30 heavy (non-hydrogen) atoms. The second-order valence-corrected chi connectivity index (χ2v) is 7.52. The molecule has 0 aromatic heterocycles. The van der Waals surface area contributed by atoms with Crippen LogP contribution >= 0.6 is 0 Å². The fraction of sp³-hybridized carbons (Fsp3) is 0.348. The van der Waals surface area contributed by atoms with Gasteiger partial charge in [0.25, 0.3) is 11.8 Å². The molecule has 2 aromatic carbocycles. The summed E-state index contributed by atoms with van der Waals surface area (Å²) < 4.78 is 11.4. The molecule has 4 rings (SSSR count). The van der Waals surface area contributed by atoms with E-state index in [1.807, 2.05) is 6.07 Å². The molecule has 7 nitrogen and oxygen atoms in total. The van der Waals surface area contributed by atoms with Crippen LogP contribution in [0.5, 0.6) is 11.5 Å². The molecule has 1 atom stereocenters. The molecule has 7 heteroatoms. The second-order valence-electron chi connectivity index (χ2n) is 7.52. The zero-order valence-corrected chi connectivity index (χ0v) is 16.8. The van der Waals surface area contributed by atoms with Crippen molar-refractivity contribution in [1.29, 1.82) is 0 Å². The highest BCUT2D eigenvalue weighted by Gasteiger charge is 2.40. The molecule has 1 saturated carbocycles. The quantitative estimate of drug-likeness (QED) is 0.743. The molecule has 0 radical (unpaired) electrons. The number of imide groups is 1. The van der Waals surface area contributed by atoms with E-state index in [-0.39, 0.29) is 18.4 Å². The van der Waals surface area contributed by atoms with Crippen molar-refractivity contribution in [2.75, 3.05) is 12.0 Å². The molecule has 156 valence electrons. The van der Waals surface area contributed by atoms with Crippen molar-refractivity contribution in [3.8, 4) is 11.5 Å². The molecule has 1 saturated heterocycles. The Hall–Kier alpha value is -3.35. The topological polar surface area (TPSA) is 84.9 Å². The molecule has 0 bridgehead atoms. The Labute approximate surface area is 175 Å². The second kappa shape index (κ2) is 8.57. The molecule has 0 spiro atoms. The van der Waals surface area contributed by atoms with Crippen LogP contribution in [0.3, 0.4) is 0 Å². The smallest absolute Gasteiger partial charge is 0.256 e. The molecule has 1 aliphatic carbocycles. The molecule has 0 unspecified atom stereocenters. The summed E-state index contributed by atoms with van der Waals surface area (Å²) in [4.78, 5) is 39.0.